The number of fused-ring (bicyclic) bond motifs is 1. The topological polar surface area (TPSA) is 65.1 Å². The lowest BCUT2D eigenvalue weighted by molar-refractivity contribution is 0.587. The number of nitrogens with two attached hydrogens (primary N) is 1. The minimum absolute atomic E-state index is 0. The van der Waals surface area contributed by atoms with Gasteiger partial charge in [-0.15, -0.1) is 12.4 Å². The second-order valence-corrected chi connectivity index (χ2v) is 7.80. The van der Waals surface area contributed by atoms with Gasteiger partial charge in [0.2, 0.25) is 0 Å². The van der Waals surface area contributed by atoms with Crippen LogP contribution in [0.15, 0.2) is 57.9 Å². The van der Waals surface area contributed by atoms with E-state index in [4.69, 9.17) is 17.3 Å². The molecule has 3 rings (SSSR count). The number of hydrogen-bond acceptors (Lipinski definition) is 3. The monoisotopic (exact) mass is 434 g/mol. The highest BCUT2D eigenvalue weighted by molar-refractivity contribution is 9.10. The van der Waals surface area contributed by atoms with Gasteiger partial charge in [-0.1, -0.05) is 29.8 Å². The summed E-state index contributed by atoms with van der Waals surface area (Å²) >= 11 is 9.42. The lowest BCUT2D eigenvalue weighted by Gasteiger charge is -2.11. The molecule has 0 aliphatic carbocycles. The lowest BCUT2D eigenvalue weighted by atomic mass is 10.2. The van der Waals surface area contributed by atoms with Gasteiger partial charge in [0.1, 0.15) is 0 Å². The summed E-state index contributed by atoms with van der Waals surface area (Å²) in [5.41, 5.74) is 6.79. The van der Waals surface area contributed by atoms with Gasteiger partial charge in [0.15, 0.2) is 0 Å². The van der Waals surface area contributed by atoms with Gasteiger partial charge >= 0.3 is 0 Å². The summed E-state index contributed by atoms with van der Waals surface area (Å²) in [7, 11) is -3.72. The Balaban J connectivity index is 0.00000192. The normalized spacial score (nSPS) is 11.4. The SMILES string of the molecule is Cl.NCc1cc2cc(Cl)c(Br)cc2n1S(=O)(=O)c1ccccc1. The Morgan fingerprint density at radius 3 is 2.39 bits per heavy atom. The summed E-state index contributed by atoms with van der Waals surface area (Å²) in [5.74, 6) is 0. The van der Waals surface area contributed by atoms with Crippen molar-refractivity contribution in [1.29, 1.82) is 0 Å². The predicted octanol–water partition coefficient (Wildman–Crippen LogP) is 4.17. The highest BCUT2D eigenvalue weighted by Gasteiger charge is 2.22. The first-order valence-corrected chi connectivity index (χ1v) is 9.06. The maximum absolute atomic E-state index is 12.9. The van der Waals surface area contributed by atoms with Crippen molar-refractivity contribution < 1.29 is 8.42 Å². The van der Waals surface area contributed by atoms with Crippen LogP contribution in [0.5, 0.6) is 0 Å². The maximum atomic E-state index is 12.9. The van der Waals surface area contributed by atoms with Crippen LogP contribution in [0.4, 0.5) is 0 Å². The van der Waals surface area contributed by atoms with Gasteiger partial charge in [-0.2, -0.15) is 0 Å². The van der Waals surface area contributed by atoms with Crippen molar-refractivity contribution in [2.24, 2.45) is 5.73 Å². The molecule has 0 saturated carbocycles. The number of aromatic nitrogens is 1. The molecule has 0 unspecified atom stereocenters. The molecule has 0 fully saturated rings. The zero-order valence-corrected chi connectivity index (χ0v) is 15.7. The minimum Gasteiger partial charge on any atom is -0.325 e. The second kappa shape index (κ2) is 6.83. The highest BCUT2D eigenvalue weighted by atomic mass is 79.9. The van der Waals surface area contributed by atoms with Gasteiger partial charge in [0.05, 0.1) is 15.4 Å². The van der Waals surface area contributed by atoms with Gasteiger partial charge in [0, 0.05) is 22.1 Å². The summed E-state index contributed by atoms with van der Waals surface area (Å²) in [6.07, 6.45) is 0. The van der Waals surface area contributed by atoms with E-state index in [9.17, 15) is 8.42 Å². The van der Waals surface area contributed by atoms with Crippen molar-refractivity contribution in [2.75, 3.05) is 0 Å². The minimum atomic E-state index is -3.72. The third-order valence-electron chi connectivity index (χ3n) is 3.36. The molecule has 23 heavy (non-hydrogen) atoms. The highest BCUT2D eigenvalue weighted by Crippen LogP contribution is 2.32. The van der Waals surface area contributed by atoms with E-state index in [1.807, 2.05) is 0 Å². The molecule has 1 heterocycles. The molecule has 0 radical (unpaired) electrons. The van der Waals surface area contributed by atoms with Crippen LogP contribution < -0.4 is 5.73 Å². The number of hydrogen-bond donors (Lipinski definition) is 1. The summed E-state index contributed by atoms with van der Waals surface area (Å²) in [4.78, 5) is 0.216. The molecule has 8 heteroatoms. The first-order chi connectivity index (χ1) is 10.4. The Kier molecular flexibility index (Phi) is 5.43. The Labute approximate surface area is 153 Å². The molecular weight excluding hydrogens is 423 g/mol. The Hall–Kier alpha value is -1.05. The summed E-state index contributed by atoms with van der Waals surface area (Å²) in [5, 5.41) is 1.25. The first kappa shape index (κ1) is 18.3. The predicted molar refractivity (Wildman–Crippen MR) is 98.8 cm³/mol. The van der Waals surface area contributed by atoms with Gasteiger partial charge in [-0.3, -0.25) is 0 Å². The molecule has 0 atom stereocenters. The van der Waals surface area contributed by atoms with E-state index in [-0.39, 0.29) is 23.8 Å². The van der Waals surface area contributed by atoms with Gasteiger partial charge in [0.25, 0.3) is 10.0 Å². The average molecular weight is 436 g/mol. The fraction of sp³-hybridized carbons (Fsp3) is 0.0667. The molecule has 2 N–H and O–H groups in total. The van der Waals surface area contributed by atoms with Crippen LogP contribution in [0.25, 0.3) is 10.9 Å². The van der Waals surface area contributed by atoms with Crippen LogP contribution in [0.1, 0.15) is 5.69 Å². The maximum Gasteiger partial charge on any atom is 0.268 e. The number of benzene rings is 2. The van der Waals surface area contributed by atoms with Gasteiger partial charge < -0.3 is 5.73 Å². The van der Waals surface area contributed by atoms with Crippen LogP contribution in [-0.2, 0) is 16.6 Å². The first-order valence-electron chi connectivity index (χ1n) is 6.45. The molecule has 0 amide bonds. The van der Waals surface area contributed by atoms with Gasteiger partial charge in [-0.05, 0) is 46.3 Å². The molecule has 4 nitrogen and oxygen atoms in total. The van der Waals surface area contributed by atoms with E-state index in [1.165, 1.54) is 3.97 Å². The molecule has 0 saturated heterocycles. The zero-order valence-electron chi connectivity index (χ0n) is 11.7. The third kappa shape index (κ3) is 3.14. The van der Waals surface area contributed by atoms with E-state index in [0.717, 1.165) is 5.39 Å². The van der Waals surface area contributed by atoms with E-state index >= 15 is 0 Å². The summed E-state index contributed by atoms with van der Waals surface area (Å²) in [6.45, 7) is 0.107. The smallest absolute Gasteiger partial charge is 0.268 e. The molecule has 0 spiro atoms. The Morgan fingerprint density at radius 1 is 1.13 bits per heavy atom. The fourth-order valence-electron chi connectivity index (χ4n) is 2.36. The summed E-state index contributed by atoms with van der Waals surface area (Å²) in [6, 6.07) is 13.4. The molecule has 0 aliphatic heterocycles. The number of nitrogens with zero attached hydrogens (tertiary/aromatic N) is 1. The molecule has 0 bridgehead atoms. The molecule has 1 aromatic heterocycles. The Morgan fingerprint density at radius 2 is 1.78 bits per heavy atom. The standard InChI is InChI=1S/C15H12BrClN2O2S.ClH/c16-13-8-15-10(7-14(13)17)6-11(9-18)19(15)22(20,21)12-4-2-1-3-5-12;/h1-8H,9,18H2;1H. The van der Waals surface area contributed by atoms with E-state index in [2.05, 4.69) is 15.9 Å². The van der Waals surface area contributed by atoms with E-state index in [1.54, 1.807) is 48.5 Å². The summed E-state index contributed by atoms with van der Waals surface area (Å²) < 4.78 is 27.8. The molecule has 3 aromatic rings. The van der Waals surface area contributed by atoms with Crippen molar-refractivity contribution in [3.05, 3.63) is 63.7 Å². The number of halogens is 3. The molecule has 2 aromatic carbocycles. The Bertz CT molecular complexity index is 957. The average Bonchev–Trinajstić information content (AvgIpc) is 2.87. The van der Waals surface area contributed by atoms with Crippen LogP contribution in [-0.4, -0.2) is 12.4 Å². The van der Waals surface area contributed by atoms with E-state index < -0.39 is 10.0 Å². The zero-order chi connectivity index (χ0) is 15.9. The number of rotatable bonds is 3. The van der Waals surface area contributed by atoms with Crippen molar-refractivity contribution >= 4 is 60.9 Å². The third-order valence-corrected chi connectivity index (χ3v) is 6.34. The lowest BCUT2D eigenvalue weighted by Crippen LogP contribution is -2.17. The van der Waals surface area contributed by atoms with Crippen molar-refractivity contribution in [3.63, 3.8) is 0 Å². The van der Waals surface area contributed by atoms with Crippen LogP contribution >= 0.6 is 39.9 Å². The molecule has 122 valence electrons. The largest absolute Gasteiger partial charge is 0.325 e. The van der Waals surface area contributed by atoms with E-state index in [0.29, 0.717) is 20.7 Å². The quantitative estimate of drug-likeness (QED) is 0.671. The van der Waals surface area contributed by atoms with Crippen LogP contribution in [0.2, 0.25) is 5.02 Å². The van der Waals surface area contributed by atoms with Crippen molar-refractivity contribution in [1.82, 2.24) is 3.97 Å². The molecular formula is C15H13BrCl2N2O2S. The van der Waals surface area contributed by atoms with Crippen LogP contribution in [0, 0.1) is 0 Å². The molecule has 0 aliphatic rings. The van der Waals surface area contributed by atoms with Crippen LogP contribution in [0.3, 0.4) is 0 Å². The fourth-order valence-corrected chi connectivity index (χ4v) is 4.43. The van der Waals surface area contributed by atoms with Crippen molar-refractivity contribution in [2.45, 2.75) is 11.4 Å². The van der Waals surface area contributed by atoms with Gasteiger partial charge in [-0.25, -0.2) is 12.4 Å². The van der Waals surface area contributed by atoms with Crippen molar-refractivity contribution in [3.8, 4) is 0 Å². The second-order valence-electron chi connectivity index (χ2n) is 4.75.